The summed E-state index contributed by atoms with van der Waals surface area (Å²) in [4.78, 5) is 11.4. The summed E-state index contributed by atoms with van der Waals surface area (Å²) in [6.45, 7) is 3.92. The van der Waals surface area contributed by atoms with E-state index in [2.05, 4.69) is 18.1 Å². The molecule has 1 atom stereocenters. The van der Waals surface area contributed by atoms with E-state index in [0.29, 0.717) is 22.8 Å². The van der Waals surface area contributed by atoms with E-state index < -0.39 is 11.9 Å². The molecule has 1 aromatic heterocycles. The molecule has 1 aliphatic heterocycles. The van der Waals surface area contributed by atoms with Crippen LogP contribution < -0.4 is 10.5 Å². The normalized spacial score (nSPS) is 15.3. The molecule has 0 aliphatic carbocycles. The van der Waals surface area contributed by atoms with Gasteiger partial charge in [0.25, 0.3) is 0 Å². The lowest BCUT2D eigenvalue weighted by Gasteiger charge is -2.25. The van der Waals surface area contributed by atoms with Gasteiger partial charge in [-0.1, -0.05) is 37.3 Å². The number of benzene rings is 2. The number of carbonyl (C=O) groups is 1. The van der Waals surface area contributed by atoms with Gasteiger partial charge in [0.1, 0.15) is 11.6 Å². The number of aromatic nitrogens is 2. The van der Waals surface area contributed by atoms with Crippen molar-refractivity contribution in [1.29, 1.82) is 5.26 Å². The Morgan fingerprint density at radius 2 is 2.03 bits per heavy atom. The lowest BCUT2D eigenvalue weighted by atomic mass is 9.84. The second-order valence-electron chi connectivity index (χ2n) is 7.09. The van der Waals surface area contributed by atoms with Crippen molar-refractivity contribution in [1.82, 2.24) is 9.78 Å². The molecule has 0 radical (unpaired) electrons. The van der Waals surface area contributed by atoms with Gasteiger partial charge < -0.3 is 15.6 Å². The van der Waals surface area contributed by atoms with Gasteiger partial charge in [0, 0.05) is 0 Å². The van der Waals surface area contributed by atoms with Crippen molar-refractivity contribution >= 4 is 5.97 Å². The number of aryl methyl sites for hydroxylation is 2. The minimum atomic E-state index is -1.03. The fraction of sp³-hybridized carbons (Fsp3) is 0.174. The molecule has 1 unspecified atom stereocenters. The lowest BCUT2D eigenvalue weighted by molar-refractivity contribution is 0.0697. The van der Waals surface area contributed by atoms with E-state index in [0.717, 1.165) is 17.5 Å². The Labute approximate surface area is 173 Å². The summed E-state index contributed by atoms with van der Waals surface area (Å²) in [5.41, 5.74) is 10.6. The monoisotopic (exact) mass is 400 g/mol. The molecule has 0 amide bonds. The summed E-state index contributed by atoms with van der Waals surface area (Å²) >= 11 is 0. The number of nitrogens with two attached hydrogens (primary N) is 1. The third-order valence-electron chi connectivity index (χ3n) is 5.29. The zero-order valence-corrected chi connectivity index (χ0v) is 16.6. The van der Waals surface area contributed by atoms with Crippen molar-refractivity contribution in [2.75, 3.05) is 0 Å². The average Bonchev–Trinajstić information content (AvgIpc) is 3.08. The standard InChI is InChI=1S/C23H20N4O3/c1-3-14-7-9-15(10-8-14)20-18(12-24)21(25)30-22-19(20)13(2)26-27(22)17-6-4-5-16(11-17)23(28)29/h4-11,20H,3,25H2,1-2H3,(H,28,29). The largest absolute Gasteiger partial charge is 0.478 e. The molecule has 0 bridgehead atoms. The van der Waals surface area contributed by atoms with E-state index in [1.165, 1.54) is 22.4 Å². The first-order valence-electron chi connectivity index (χ1n) is 9.54. The smallest absolute Gasteiger partial charge is 0.335 e. The third-order valence-corrected chi connectivity index (χ3v) is 5.29. The van der Waals surface area contributed by atoms with Crippen molar-refractivity contribution in [3.63, 3.8) is 0 Å². The van der Waals surface area contributed by atoms with Crippen LogP contribution >= 0.6 is 0 Å². The highest BCUT2D eigenvalue weighted by Crippen LogP contribution is 2.44. The van der Waals surface area contributed by atoms with Gasteiger partial charge in [0.2, 0.25) is 11.8 Å². The Morgan fingerprint density at radius 1 is 1.30 bits per heavy atom. The van der Waals surface area contributed by atoms with Crippen LogP contribution in [0.1, 0.15) is 45.6 Å². The van der Waals surface area contributed by atoms with Crippen molar-refractivity contribution in [3.8, 4) is 17.6 Å². The molecule has 1 aliphatic rings. The van der Waals surface area contributed by atoms with Crippen LogP contribution in [0.3, 0.4) is 0 Å². The molecule has 150 valence electrons. The van der Waals surface area contributed by atoms with Crippen LogP contribution in [0.5, 0.6) is 5.88 Å². The summed E-state index contributed by atoms with van der Waals surface area (Å²) in [7, 11) is 0. The number of carboxylic acid groups (broad SMARTS) is 1. The van der Waals surface area contributed by atoms with Gasteiger partial charge in [0.15, 0.2) is 0 Å². The SMILES string of the molecule is CCc1ccc(C2C(C#N)=C(N)Oc3c2c(C)nn3-c2cccc(C(=O)O)c2)cc1. The number of aromatic carboxylic acids is 1. The maximum Gasteiger partial charge on any atom is 0.335 e. The van der Waals surface area contributed by atoms with E-state index in [1.807, 2.05) is 31.2 Å². The zero-order chi connectivity index (χ0) is 21.4. The van der Waals surface area contributed by atoms with Crippen LogP contribution in [-0.2, 0) is 6.42 Å². The Hall–Kier alpha value is -4.05. The van der Waals surface area contributed by atoms with Crippen LogP contribution in [0, 0.1) is 18.3 Å². The maximum absolute atomic E-state index is 11.4. The van der Waals surface area contributed by atoms with Crippen LogP contribution in [0.25, 0.3) is 5.69 Å². The van der Waals surface area contributed by atoms with E-state index in [-0.39, 0.29) is 11.4 Å². The number of allylic oxidation sites excluding steroid dienone is 1. The number of fused-ring (bicyclic) bond motifs is 1. The molecule has 7 heteroatoms. The minimum Gasteiger partial charge on any atom is -0.478 e. The minimum absolute atomic E-state index is 0.0186. The average molecular weight is 400 g/mol. The number of ether oxygens (including phenoxy) is 1. The first-order valence-corrected chi connectivity index (χ1v) is 9.54. The summed E-state index contributed by atoms with van der Waals surface area (Å²) < 4.78 is 7.36. The second-order valence-corrected chi connectivity index (χ2v) is 7.09. The number of hydrogen-bond acceptors (Lipinski definition) is 5. The molecule has 0 saturated carbocycles. The number of rotatable bonds is 4. The zero-order valence-electron chi connectivity index (χ0n) is 16.6. The predicted octanol–water partition coefficient (Wildman–Crippen LogP) is 3.66. The van der Waals surface area contributed by atoms with Crippen LogP contribution in [-0.4, -0.2) is 20.9 Å². The fourth-order valence-electron chi connectivity index (χ4n) is 3.74. The first kappa shape index (κ1) is 19.3. The quantitative estimate of drug-likeness (QED) is 0.691. The van der Waals surface area contributed by atoms with Gasteiger partial charge in [-0.3, -0.25) is 0 Å². The predicted molar refractivity (Wildman–Crippen MR) is 110 cm³/mol. The first-order chi connectivity index (χ1) is 14.4. The van der Waals surface area contributed by atoms with Gasteiger partial charge in [-0.15, -0.1) is 0 Å². The third kappa shape index (κ3) is 3.08. The molecule has 4 rings (SSSR count). The topological polar surface area (TPSA) is 114 Å². The van der Waals surface area contributed by atoms with Crippen LogP contribution in [0.2, 0.25) is 0 Å². The van der Waals surface area contributed by atoms with E-state index >= 15 is 0 Å². The summed E-state index contributed by atoms with van der Waals surface area (Å²) in [6.07, 6.45) is 0.916. The molecule has 7 nitrogen and oxygen atoms in total. The van der Waals surface area contributed by atoms with E-state index in [1.54, 1.807) is 12.1 Å². The van der Waals surface area contributed by atoms with Crippen LogP contribution in [0.15, 0.2) is 60.0 Å². The van der Waals surface area contributed by atoms with Crippen LogP contribution in [0.4, 0.5) is 0 Å². The molecule has 3 aromatic rings. The van der Waals surface area contributed by atoms with Gasteiger partial charge in [-0.05, 0) is 42.7 Å². The Bertz CT molecular complexity index is 1220. The Balaban J connectivity index is 1.91. The van der Waals surface area contributed by atoms with E-state index in [9.17, 15) is 15.2 Å². The number of hydrogen-bond donors (Lipinski definition) is 2. The highest BCUT2D eigenvalue weighted by Gasteiger charge is 2.36. The van der Waals surface area contributed by atoms with E-state index in [4.69, 9.17) is 10.5 Å². The van der Waals surface area contributed by atoms with Gasteiger partial charge in [-0.2, -0.15) is 10.4 Å². The number of nitriles is 1. The molecular weight excluding hydrogens is 380 g/mol. The highest BCUT2D eigenvalue weighted by molar-refractivity contribution is 5.88. The molecular formula is C23H20N4O3. The molecule has 0 spiro atoms. The fourth-order valence-corrected chi connectivity index (χ4v) is 3.74. The Kier molecular flexibility index (Phi) is 4.76. The summed E-state index contributed by atoms with van der Waals surface area (Å²) in [5, 5.41) is 23.7. The van der Waals surface area contributed by atoms with Crippen molar-refractivity contribution in [2.24, 2.45) is 5.73 Å². The summed E-state index contributed by atoms with van der Waals surface area (Å²) in [6, 6.07) is 16.7. The van der Waals surface area contributed by atoms with Crippen molar-refractivity contribution in [2.45, 2.75) is 26.2 Å². The second kappa shape index (κ2) is 7.41. The molecule has 0 fully saturated rings. The molecule has 3 N–H and O–H groups in total. The molecule has 30 heavy (non-hydrogen) atoms. The Morgan fingerprint density at radius 3 is 2.67 bits per heavy atom. The lowest BCUT2D eigenvalue weighted by Crippen LogP contribution is -2.22. The van der Waals surface area contributed by atoms with Crippen molar-refractivity contribution in [3.05, 3.63) is 87.9 Å². The summed E-state index contributed by atoms with van der Waals surface area (Å²) in [5.74, 6) is -1.04. The number of carboxylic acids is 1. The highest BCUT2D eigenvalue weighted by atomic mass is 16.5. The van der Waals surface area contributed by atoms with Gasteiger partial charge in [-0.25, -0.2) is 9.48 Å². The molecule has 0 saturated heterocycles. The van der Waals surface area contributed by atoms with Crippen molar-refractivity contribution < 1.29 is 14.6 Å². The number of nitrogens with zero attached hydrogens (tertiary/aromatic N) is 3. The van der Waals surface area contributed by atoms with Gasteiger partial charge in [0.05, 0.1) is 28.4 Å². The molecule has 2 aromatic carbocycles. The van der Waals surface area contributed by atoms with Gasteiger partial charge >= 0.3 is 5.97 Å². The maximum atomic E-state index is 11.4. The molecule has 2 heterocycles.